The van der Waals surface area contributed by atoms with Gasteiger partial charge in [0.25, 0.3) is 0 Å². The molecule has 0 atom stereocenters. The lowest BCUT2D eigenvalue weighted by atomic mass is 10.1. The van der Waals surface area contributed by atoms with Crippen molar-refractivity contribution in [1.29, 1.82) is 0 Å². The van der Waals surface area contributed by atoms with E-state index in [2.05, 4.69) is 20.2 Å². The number of benzene rings is 2. The van der Waals surface area contributed by atoms with Gasteiger partial charge in [-0.1, -0.05) is 30.3 Å². The van der Waals surface area contributed by atoms with Gasteiger partial charge in [0.2, 0.25) is 5.91 Å². The number of anilines is 1. The van der Waals surface area contributed by atoms with E-state index in [1.807, 2.05) is 24.3 Å². The summed E-state index contributed by atoms with van der Waals surface area (Å²) in [4.78, 5) is 21.8. The van der Waals surface area contributed by atoms with E-state index in [0.29, 0.717) is 17.2 Å². The van der Waals surface area contributed by atoms with Gasteiger partial charge < -0.3 is 9.88 Å². The Balaban J connectivity index is 1.49. The maximum atomic E-state index is 14.4. The fourth-order valence-corrected chi connectivity index (χ4v) is 3.64. The van der Waals surface area contributed by atoms with Gasteiger partial charge in [0.15, 0.2) is 17.3 Å². The molecule has 7 nitrogen and oxygen atoms in total. The highest BCUT2D eigenvalue weighted by Gasteiger charge is 2.22. The summed E-state index contributed by atoms with van der Waals surface area (Å²) in [6.45, 7) is -0.136. The van der Waals surface area contributed by atoms with Gasteiger partial charge in [0.05, 0.1) is 31.2 Å². The molecule has 0 saturated carbocycles. The fraction of sp³-hybridized carbons (Fsp3) is 0.0833. The number of carbonyl (C=O) groups is 1. The number of hydrogen-bond donors (Lipinski definition) is 1. The molecular weight excluding hydrogens is 426 g/mol. The van der Waals surface area contributed by atoms with Crippen molar-refractivity contribution in [1.82, 2.24) is 24.6 Å². The Labute approximate surface area is 187 Å². The number of imidazole rings is 1. The maximum Gasteiger partial charge on any atom is 0.234 e. The van der Waals surface area contributed by atoms with Crippen LogP contribution in [-0.2, 0) is 17.8 Å². The molecule has 2 aromatic carbocycles. The highest BCUT2D eigenvalue weighted by Crippen LogP contribution is 2.25. The molecule has 0 radical (unpaired) electrons. The van der Waals surface area contributed by atoms with Crippen LogP contribution in [0.4, 0.5) is 14.5 Å². The summed E-state index contributed by atoms with van der Waals surface area (Å²) in [6, 6.07) is 16.5. The molecule has 0 saturated heterocycles. The van der Waals surface area contributed by atoms with Gasteiger partial charge in [-0.15, -0.1) is 10.2 Å². The third kappa shape index (κ3) is 4.08. The first-order valence-corrected chi connectivity index (χ1v) is 10.2. The molecule has 0 aliphatic heterocycles. The van der Waals surface area contributed by atoms with E-state index in [1.54, 1.807) is 41.3 Å². The largest absolute Gasteiger partial charge is 0.345 e. The number of nitrogens with one attached hydrogen (secondary N) is 1. The monoisotopic (exact) mass is 444 g/mol. The molecule has 0 bridgehead atoms. The number of nitrogens with zero attached hydrogens (tertiary/aromatic N) is 5. The molecule has 0 spiro atoms. The quantitative estimate of drug-likeness (QED) is 0.426. The molecule has 1 N–H and O–H groups in total. The zero-order valence-corrected chi connectivity index (χ0v) is 17.3. The topological polar surface area (TPSA) is 79.2 Å². The Morgan fingerprint density at radius 3 is 2.64 bits per heavy atom. The van der Waals surface area contributed by atoms with Crippen LogP contribution in [0.15, 0.2) is 79.4 Å². The second kappa shape index (κ2) is 8.62. The van der Waals surface area contributed by atoms with Crippen LogP contribution in [0.2, 0.25) is 0 Å². The van der Waals surface area contributed by atoms with Crippen LogP contribution < -0.4 is 4.90 Å². The van der Waals surface area contributed by atoms with Crippen molar-refractivity contribution >= 4 is 17.2 Å². The standard InChI is InChI=1S/C24H18F2N6O/c25-19-5-3-4-17(24(19)26)14-32(18-9-7-16(8-10-18)20-13-27-15-28-20)23(33)12-22-30-29-21-6-1-2-11-31(21)22/h1-11,13,15H,12,14H2,(H,27,28). The number of rotatable bonds is 6. The van der Waals surface area contributed by atoms with Crippen LogP contribution in [0, 0.1) is 11.6 Å². The molecule has 5 rings (SSSR count). The van der Waals surface area contributed by atoms with Gasteiger partial charge in [-0.2, -0.15) is 0 Å². The van der Waals surface area contributed by atoms with E-state index in [-0.39, 0.29) is 24.4 Å². The van der Waals surface area contributed by atoms with Crippen LogP contribution in [0.5, 0.6) is 0 Å². The van der Waals surface area contributed by atoms with Crippen molar-refractivity contribution < 1.29 is 13.6 Å². The Bertz CT molecular complexity index is 1410. The second-order valence-electron chi connectivity index (χ2n) is 7.43. The summed E-state index contributed by atoms with van der Waals surface area (Å²) < 4.78 is 30.0. The fourth-order valence-electron chi connectivity index (χ4n) is 3.64. The lowest BCUT2D eigenvalue weighted by Gasteiger charge is -2.23. The number of hydrogen-bond acceptors (Lipinski definition) is 4. The molecule has 1 amide bonds. The Kier molecular flexibility index (Phi) is 5.35. The second-order valence-corrected chi connectivity index (χ2v) is 7.43. The van der Waals surface area contributed by atoms with Crippen molar-refractivity contribution in [3.8, 4) is 11.3 Å². The summed E-state index contributed by atoms with van der Waals surface area (Å²) in [5.74, 6) is -1.81. The summed E-state index contributed by atoms with van der Waals surface area (Å²) >= 11 is 0. The van der Waals surface area contributed by atoms with Crippen LogP contribution in [0.1, 0.15) is 11.4 Å². The summed E-state index contributed by atoms with van der Waals surface area (Å²) in [5.41, 5.74) is 2.94. The van der Waals surface area contributed by atoms with Crippen LogP contribution in [0.25, 0.3) is 16.9 Å². The van der Waals surface area contributed by atoms with E-state index < -0.39 is 11.6 Å². The van der Waals surface area contributed by atoms with Gasteiger partial charge in [-0.3, -0.25) is 9.20 Å². The molecule has 3 aromatic heterocycles. The van der Waals surface area contributed by atoms with Crippen molar-refractivity contribution in [3.05, 3.63) is 102 Å². The number of carbonyl (C=O) groups excluding carboxylic acids is 1. The first-order valence-electron chi connectivity index (χ1n) is 10.2. The summed E-state index contributed by atoms with van der Waals surface area (Å²) in [7, 11) is 0. The zero-order chi connectivity index (χ0) is 22.8. The average Bonchev–Trinajstić information content (AvgIpc) is 3.51. The number of aromatic nitrogens is 5. The Morgan fingerprint density at radius 1 is 1.00 bits per heavy atom. The van der Waals surface area contributed by atoms with E-state index >= 15 is 0 Å². The van der Waals surface area contributed by atoms with Crippen molar-refractivity contribution in [2.75, 3.05) is 4.90 Å². The lowest BCUT2D eigenvalue weighted by molar-refractivity contribution is -0.118. The predicted molar refractivity (Wildman–Crippen MR) is 118 cm³/mol. The molecule has 164 valence electrons. The van der Waals surface area contributed by atoms with Gasteiger partial charge in [-0.05, 0) is 35.9 Å². The summed E-state index contributed by atoms with van der Waals surface area (Å²) in [6.07, 6.45) is 4.98. The van der Waals surface area contributed by atoms with Gasteiger partial charge in [-0.25, -0.2) is 13.8 Å². The maximum absolute atomic E-state index is 14.4. The molecular formula is C24H18F2N6O. The van der Waals surface area contributed by atoms with Gasteiger partial charge >= 0.3 is 0 Å². The highest BCUT2D eigenvalue weighted by molar-refractivity contribution is 5.94. The molecule has 0 aliphatic rings. The van der Waals surface area contributed by atoms with Gasteiger partial charge in [0.1, 0.15) is 5.82 Å². The molecule has 0 aliphatic carbocycles. The Morgan fingerprint density at radius 2 is 1.85 bits per heavy atom. The summed E-state index contributed by atoms with van der Waals surface area (Å²) in [5, 5.41) is 8.20. The molecule has 3 heterocycles. The molecule has 5 aromatic rings. The number of halogens is 2. The van der Waals surface area contributed by atoms with E-state index in [1.165, 1.54) is 17.0 Å². The zero-order valence-electron chi connectivity index (χ0n) is 17.3. The minimum atomic E-state index is -0.975. The molecule has 0 unspecified atom stereocenters. The SMILES string of the molecule is O=C(Cc1nnc2ccccn12)N(Cc1cccc(F)c1F)c1ccc(-c2cnc[nH]2)cc1. The lowest BCUT2D eigenvalue weighted by Crippen LogP contribution is -2.32. The molecule has 0 fully saturated rings. The number of amides is 1. The minimum absolute atomic E-state index is 0.0651. The predicted octanol–water partition coefficient (Wildman–Crippen LogP) is 4.17. The first-order chi connectivity index (χ1) is 16.1. The van der Waals surface area contributed by atoms with Crippen LogP contribution in [0.3, 0.4) is 0 Å². The number of H-pyrrole nitrogens is 1. The Hall–Kier alpha value is -4.40. The van der Waals surface area contributed by atoms with Gasteiger partial charge in [0, 0.05) is 17.4 Å². The van der Waals surface area contributed by atoms with E-state index in [0.717, 1.165) is 17.3 Å². The normalized spacial score (nSPS) is 11.1. The number of pyridine rings is 1. The van der Waals surface area contributed by atoms with E-state index in [9.17, 15) is 13.6 Å². The van der Waals surface area contributed by atoms with Crippen molar-refractivity contribution in [3.63, 3.8) is 0 Å². The van der Waals surface area contributed by atoms with Crippen LogP contribution >= 0.6 is 0 Å². The van der Waals surface area contributed by atoms with Crippen molar-refractivity contribution in [2.45, 2.75) is 13.0 Å². The number of aromatic amines is 1. The first kappa shape index (κ1) is 20.5. The minimum Gasteiger partial charge on any atom is -0.345 e. The smallest absolute Gasteiger partial charge is 0.234 e. The average molecular weight is 444 g/mol. The number of fused-ring (bicyclic) bond motifs is 1. The van der Waals surface area contributed by atoms with Crippen LogP contribution in [-0.4, -0.2) is 30.5 Å². The highest BCUT2D eigenvalue weighted by atomic mass is 19.2. The van der Waals surface area contributed by atoms with E-state index in [4.69, 9.17) is 0 Å². The molecule has 33 heavy (non-hydrogen) atoms. The van der Waals surface area contributed by atoms with Crippen molar-refractivity contribution in [2.24, 2.45) is 0 Å². The third-order valence-electron chi connectivity index (χ3n) is 5.34. The molecule has 9 heteroatoms. The third-order valence-corrected chi connectivity index (χ3v) is 5.34.